The molecular weight excluding hydrogens is 540 g/mol. The minimum Gasteiger partial charge on any atom is -0.312 e. The second-order valence-electron chi connectivity index (χ2n) is 12.2. The Morgan fingerprint density at radius 3 is 2.42 bits per heavy atom. The molecule has 0 spiro atoms. The average Bonchev–Trinajstić information content (AvgIpc) is 3.01. The Labute approximate surface area is 249 Å². The van der Waals surface area contributed by atoms with Crippen molar-refractivity contribution in [2.45, 2.75) is 38.6 Å². The van der Waals surface area contributed by atoms with Gasteiger partial charge >= 0.3 is 6.03 Å². The van der Waals surface area contributed by atoms with Crippen molar-refractivity contribution in [2.75, 3.05) is 24.5 Å². The number of urea groups is 1. The number of likely N-dealkylation sites (tertiary alicyclic amines) is 1. The van der Waals surface area contributed by atoms with Crippen molar-refractivity contribution in [3.05, 3.63) is 112 Å². The first-order valence-corrected chi connectivity index (χ1v) is 15.0. The number of nitrogens with one attached hydrogen (secondary N) is 1. The van der Waals surface area contributed by atoms with Crippen molar-refractivity contribution < 1.29 is 14.4 Å². The fourth-order valence-corrected chi connectivity index (χ4v) is 7.42. The Bertz CT molecular complexity index is 1810. The number of carbonyl (C=O) groups is 3. The van der Waals surface area contributed by atoms with Crippen molar-refractivity contribution >= 4 is 34.3 Å². The first kappa shape index (κ1) is 27.3. The average molecular weight is 575 g/mol. The number of fused-ring (bicyclic) bond motifs is 5. The summed E-state index contributed by atoms with van der Waals surface area (Å²) in [4.78, 5) is 58.0. The monoisotopic (exact) mass is 574 g/mol. The van der Waals surface area contributed by atoms with Crippen molar-refractivity contribution in [1.82, 2.24) is 14.8 Å². The zero-order chi connectivity index (χ0) is 29.7. The molecule has 2 bridgehead atoms. The van der Waals surface area contributed by atoms with Crippen LogP contribution in [0, 0.1) is 11.3 Å². The van der Waals surface area contributed by atoms with E-state index in [1.165, 1.54) is 0 Å². The fourth-order valence-electron chi connectivity index (χ4n) is 7.42. The molecule has 4 aromatic rings. The van der Waals surface area contributed by atoms with E-state index in [0.717, 1.165) is 45.3 Å². The molecule has 43 heavy (non-hydrogen) atoms. The Morgan fingerprint density at radius 2 is 1.60 bits per heavy atom. The number of piperidine rings is 1. The molecule has 218 valence electrons. The number of pyridine rings is 1. The molecule has 8 nitrogen and oxygen atoms in total. The summed E-state index contributed by atoms with van der Waals surface area (Å²) < 4.78 is 1.88. The number of aromatic nitrogens is 1. The van der Waals surface area contributed by atoms with E-state index in [4.69, 9.17) is 0 Å². The number of hydrogen-bond donors (Lipinski definition) is 1. The smallest absolute Gasteiger partial charge is 0.312 e. The number of barbiturate groups is 1. The van der Waals surface area contributed by atoms with E-state index in [1.807, 2.05) is 72.2 Å². The molecule has 1 aromatic heterocycles. The van der Waals surface area contributed by atoms with Crippen LogP contribution in [0.5, 0.6) is 0 Å². The van der Waals surface area contributed by atoms with Crippen molar-refractivity contribution in [3.8, 4) is 0 Å². The van der Waals surface area contributed by atoms with Crippen LogP contribution in [0.3, 0.4) is 0 Å². The lowest BCUT2D eigenvalue weighted by Crippen LogP contribution is -2.68. The number of hydrogen-bond acceptors (Lipinski definition) is 5. The van der Waals surface area contributed by atoms with Gasteiger partial charge in [0.25, 0.3) is 11.5 Å². The van der Waals surface area contributed by atoms with Gasteiger partial charge in [-0.3, -0.25) is 19.7 Å². The Balaban J connectivity index is 1.30. The predicted octanol–water partition coefficient (Wildman–Crippen LogP) is 4.50. The normalized spacial score (nSPS) is 23.7. The molecule has 2 fully saturated rings. The molecule has 3 aromatic carbocycles. The Morgan fingerprint density at radius 1 is 0.837 bits per heavy atom. The van der Waals surface area contributed by atoms with Gasteiger partial charge in [0.2, 0.25) is 5.91 Å². The van der Waals surface area contributed by atoms with E-state index in [1.54, 1.807) is 24.3 Å². The third-order valence-electron chi connectivity index (χ3n) is 9.49. The molecule has 1 N–H and O–H groups in total. The largest absolute Gasteiger partial charge is 0.335 e. The summed E-state index contributed by atoms with van der Waals surface area (Å²) >= 11 is 0. The number of benzene rings is 3. The van der Waals surface area contributed by atoms with E-state index in [2.05, 4.69) is 10.2 Å². The highest BCUT2D eigenvalue weighted by Gasteiger charge is 2.56. The van der Waals surface area contributed by atoms with Gasteiger partial charge in [0.15, 0.2) is 0 Å². The van der Waals surface area contributed by atoms with Gasteiger partial charge in [-0.2, -0.15) is 0 Å². The molecular formula is C35H34N4O4. The van der Waals surface area contributed by atoms with Crippen LogP contribution in [0.1, 0.15) is 36.1 Å². The number of amides is 4. The Kier molecular flexibility index (Phi) is 6.73. The van der Waals surface area contributed by atoms with Gasteiger partial charge in [-0.05, 0) is 65.3 Å². The lowest BCUT2D eigenvalue weighted by atomic mass is 9.75. The number of imide groups is 2. The molecule has 2 saturated heterocycles. The van der Waals surface area contributed by atoms with Crippen LogP contribution >= 0.6 is 0 Å². The molecule has 4 heterocycles. The molecule has 0 radical (unpaired) electrons. The number of anilines is 1. The number of carbonyl (C=O) groups excluding carboxylic acids is 3. The highest BCUT2D eigenvalue weighted by atomic mass is 16.2. The van der Waals surface area contributed by atoms with Crippen molar-refractivity contribution in [2.24, 2.45) is 11.3 Å². The molecule has 3 aliphatic rings. The highest BCUT2D eigenvalue weighted by molar-refractivity contribution is 6.30. The second-order valence-corrected chi connectivity index (χ2v) is 12.2. The topological polar surface area (TPSA) is 91.7 Å². The third-order valence-corrected chi connectivity index (χ3v) is 9.49. The van der Waals surface area contributed by atoms with Gasteiger partial charge in [-0.25, -0.2) is 9.69 Å². The summed E-state index contributed by atoms with van der Waals surface area (Å²) in [6.45, 7) is 4.12. The van der Waals surface area contributed by atoms with Crippen LogP contribution < -0.4 is 15.8 Å². The van der Waals surface area contributed by atoms with Crippen LogP contribution in [-0.4, -0.2) is 46.9 Å². The lowest BCUT2D eigenvalue weighted by Gasteiger charge is -2.47. The molecule has 0 unspecified atom stereocenters. The number of nitrogens with zero attached hydrogens (tertiary/aromatic N) is 3. The molecule has 4 amide bonds. The van der Waals surface area contributed by atoms with Crippen molar-refractivity contribution in [1.29, 1.82) is 0 Å². The van der Waals surface area contributed by atoms with Gasteiger partial charge < -0.3 is 9.47 Å². The molecule has 7 rings (SSSR count). The van der Waals surface area contributed by atoms with Gasteiger partial charge in [-0.1, -0.05) is 67.6 Å². The number of rotatable bonds is 6. The quantitative estimate of drug-likeness (QED) is 0.343. The second kappa shape index (κ2) is 10.6. The molecule has 0 aliphatic carbocycles. The van der Waals surface area contributed by atoms with E-state index in [-0.39, 0.29) is 30.4 Å². The van der Waals surface area contributed by atoms with E-state index < -0.39 is 23.3 Å². The van der Waals surface area contributed by atoms with Gasteiger partial charge in [-0.15, -0.1) is 0 Å². The molecule has 3 atom stereocenters. The SMILES string of the molecule is CCc1ccc(N2C(=O)NC(=O)[C@@](Cc3cccc4ccccc34)(CN3C[C@H]4C[C@H](C3)c3cccc(=O)n3C4)C2=O)cc1. The maximum Gasteiger partial charge on any atom is 0.335 e. The molecule has 0 saturated carbocycles. The first-order valence-electron chi connectivity index (χ1n) is 15.0. The predicted molar refractivity (Wildman–Crippen MR) is 165 cm³/mol. The third kappa shape index (κ3) is 4.66. The van der Waals surface area contributed by atoms with E-state index in [0.29, 0.717) is 25.3 Å². The van der Waals surface area contributed by atoms with Gasteiger partial charge in [0.05, 0.1) is 5.69 Å². The van der Waals surface area contributed by atoms with Crippen LogP contribution in [-0.2, 0) is 29.0 Å². The number of aryl methyl sites for hydroxylation is 1. The summed E-state index contributed by atoms with van der Waals surface area (Å²) in [7, 11) is 0. The summed E-state index contributed by atoms with van der Waals surface area (Å²) in [5.41, 5.74) is 1.89. The van der Waals surface area contributed by atoms with Crippen LogP contribution in [0.2, 0.25) is 0 Å². The van der Waals surface area contributed by atoms with E-state index >= 15 is 0 Å². The standard InChI is InChI=1S/C35H34N4O4/c1-2-23-13-15-28(16-14-23)39-33(42)35(32(41)36-34(39)43,18-26-9-5-8-25-7-3-4-10-29(25)26)22-37-19-24-17-27(21-37)30-11-6-12-31(40)38(30)20-24/h3-16,24,27H,2,17-22H2,1H3,(H,36,41,43)/t24-,27-,35-/m1/s1. The summed E-state index contributed by atoms with van der Waals surface area (Å²) in [5.74, 6) is -0.728. The van der Waals surface area contributed by atoms with E-state index in [9.17, 15) is 19.2 Å². The summed E-state index contributed by atoms with van der Waals surface area (Å²) in [6.07, 6.45) is 1.94. The maximum absolute atomic E-state index is 14.7. The molecule has 3 aliphatic heterocycles. The first-order chi connectivity index (χ1) is 20.9. The minimum atomic E-state index is -1.54. The highest BCUT2D eigenvalue weighted by Crippen LogP contribution is 2.40. The minimum absolute atomic E-state index is 0.0122. The van der Waals surface area contributed by atoms with Crippen LogP contribution in [0.15, 0.2) is 89.7 Å². The molecule has 8 heteroatoms. The summed E-state index contributed by atoms with van der Waals surface area (Å²) in [6, 6.07) is 25.9. The van der Waals surface area contributed by atoms with Gasteiger partial charge in [0.1, 0.15) is 5.41 Å². The maximum atomic E-state index is 14.7. The van der Waals surface area contributed by atoms with Crippen molar-refractivity contribution in [3.63, 3.8) is 0 Å². The zero-order valence-corrected chi connectivity index (χ0v) is 24.2. The summed E-state index contributed by atoms with van der Waals surface area (Å²) in [5, 5.41) is 4.57. The zero-order valence-electron chi connectivity index (χ0n) is 24.2. The fraction of sp³-hybridized carbons (Fsp3) is 0.314. The van der Waals surface area contributed by atoms with Crippen LogP contribution in [0.25, 0.3) is 10.8 Å². The Hall–Kier alpha value is -4.56. The van der Waals surface area contributed by atoms with Crippen LogP contribution in [0.4, 0.5) is 10.5 Å². The van der Waals surface area contributed by atoms with Gasteiger partial charge in [0, 0.05) is 43.9 Å². The lowest BCUT2D eigenvalue weighted by molar-refractivity contribution is -0.144.